The molecule has 2 aliphatic rings. The molecular weight excluding hydrogens is 134 g/mol. The molecule has 1 aliphatic carbocycles. The van der Waals surface area contributed by atoms with Crippen molar-refractivity contribution in [2.24, 2.45) is 11.3 Å². The first-order valence-electron chi connectivity index (χ1n) is 5.04. The predicted molar refractivity (Wildman–Crippen MR) is 49.7 cm³/mol. The molecule has 2 fully saturated rings. The summed E-state index contributed by atoms with van der Waals surface area (Å²) in [5, 5.41) is 3.47. The monoisotopic (exact) mass is 155 g/mol. The average molecular weight is 155 g/mol. The van der Waals surface area contributed by atoms with E-state index >= 15 is 0 Å². The van der Waals surface area contributed by atoms with Crippen molar-refractivity contribution in [2.45, 2.75) is 40.0 Å². The van der Waals surface area contributed by atoms with E-state index in [1.807, 2.05) is 13.8 Å². The Hall–Kier alpha value is -0.0400. The molecule has 11 heavy (non-hydrogen) atoms. The lowest BCUT2D eigenvalue weighted by molar-refractivity contribution is 0.251. The van der Waals surface area contributed by atoms with Crippen molar-refractivity contribution in [3.05, 3.63) is 0 Å². The number of hydrogen-bond acceptors (Lipinski definition) is 1. The highest BCUT2D eigenvalue weighted by molar-refractivity contribution is 5.00. The van der Waals surface area contributed by atoms with Crippen LogP contribution in [0.1, 0.15) is 40.0 Å². The molecule has 1 spiro atoms. The number of hydrogen-bond donors (Lipinski definition) is 1. The predicted octanol–water partition coefficient (Wildman–Crippen LogP) is 2.42. The third-order valence-corrected chi connectivity index (χ3v) is 3.17. The molecule has 1 unspecified atom stereocenters. The van der Waals surface area contributed by atoms with Crippen LogP contribution in [0.25, 0.3) is 0 Å². The van der Waals surface area contributed by atoms with Crippen molar-refractivity contribution in [2.75, 3.05) is 13.1 Å². The van der Waals surface area contributed by atoms with E-state index < -0.39 is 0 Å². The minimum absolute atomic E-state index is 0.776. The Balaban J connectivity index is 0.000000281. The van der Waals surface area contributed by atoms with Crippen LogP contribution in [0.15, 0.2) is 0 Å². The largest absolute Gasteiger partial charge is 0.316 e. The summed E-state index contributed by atoms with van der Waals surface area (Å²) >= 11 is 0. The normalized spacial score (nSPS) is 32.5. The lowest BCUT2D eigenvalue weighted by atomic mass is 9.85. The van der Waals surface area contributed by atoms with Gasteiger partial charge in [-0.05, 0) is 37.1 Å². The van der Waals surface area contributed by atoms with Gasteiger partial charge in [0.25, 0.3) is 0 Å². The van der Waals surface area contributed by atoms with Gasteiger partial charge in [0, 0.05) is 6.54 Å². The van der Waals surface area contributed by atoms with Gasteiger partial charge in [-0.25, -0.2) is 0 Å². The van der Waals surface area contributed by atoms with Gasteiger partial charge < -0.3 is 5.32 Å². The molecule has 1 heteroatoms. The second-order valence-electron chi connectivity index (χ2n) is 3.73. The van der Waals surface area contributed by atoms with Crippen molar-refractivity contribution in [1.29, 1.82) is 0 Å². The molecule has 1 N–H and O–H groups in total. The van der Waals surface area contributed by atoms with Crippen molar-refractivity contribution < 1.29 is 0 Å². The fraction of sp³-hybridized carbons (Fsp3) is 1.00. The van der Waals surface area contributed by atoms with Crippen LogP contribution < -0.4 is 5.32 Å². The van der Waals surface area contributed by atoms with Crippen LogP contribution >= 0.6 is 0 Å². The maximum atomic E-state index is 3.47. The second kappa shape index (κ2) is 3.57. The lowest BCUT2D eigenvalue weighted by Crippen LogP contribution is -2.36. The third kappa shape index (κ3) is 1.76. The Kier molecular flexibility index (Phi) is 2.94. The maximum absolute atomic E-state index is 3.47. The summed E-state index contributed by atoms with van der Waals surface area (Å²) in [6, 6.07) is 0. The minimum Gasteiger partial charge on any atom is -0.316 e. The van der Waals surface area contributed by atoms with Crippen LogP contribution in [0.3, 0.4) is 0 Å². The Morgan fingerprint density at radius 2 is 1.91 bits per heavy atom. The summed E-state index contributed by atoms with van der Waals surface area (Å²) in [6.07, 6.45) is 4.38. The molecule has 1 heterocycles. The van der Waals surface area contributed by atoms with Gasteiger partial charge in [-0.2, -0.15) is 0 Å². The van der Waals surface area contributed by atoms with E-state index in [1.54, 1.807) is 0 Å². The zero-order valence-electron chi connectivity index (χ0n) is 8.11. The van der Waals surface area contributed by atoms with Gasteiger partial charge >= 0.3 is 0 Å². The summed E-state index contributed by atoms with van der Waals surface area (Å²) in [7, 11) is 0. The van der Waals surface area contributed by atoms with Crippen LogP contribution in [0, 0.1) is 11.3 Å². The van der Waals surface area contributed by atoms with Gasteiger partial charge in [0.2, 0.25) is 0 Å². The van der Waals surface area contributed by atoms with Gasteiger partial charge in [0.15, 0.2) is 0 Å². The first-order valence-corrected chi connectivity index (χ1v) is 5.04. The SMILES string of the molecule is CC.CC1CCNCC12CC2. The molecule has 1 aliphatic heterocycles. The van der Waals surface area contributed by atoms with E-state index in [4.69, 9.17) is 0 Å². The molecule has 0 aromatic rings. The van der Waals surface area contributed by atoms with E-state index in [0.29, 0.717) is 0 Å². The van der Waals surface area contributed by atoms with Crippen molar-refractivity contribution >= 4 is 0 Å². The molecule has 0 aromatic carbocycles. The fourth-order valence-corrected chi connectivity index (χ4v) is 1.97. The number of piperidine rings is 1. The van der Waals surface area contributed by atoms with E-state index in [0.717, 1.165) is 11.3 Å². The molecule has 0 aromatic heterocycles. The summed E-state index contributed by atoms with van der Waals surface area (Å²) in [6.45, 7) is 8.96. The number of rotatable bonds is 0. The lowest BCUT2D eigenvalue weighted by Gasteiger charge is -2.29. The van der Waals surface area contributed by atoms with Crippen LogP contribution in [0.5, 0.6) is 0 Å². The van der Waals surface area contributed by atoms with Gasteiger partial charge in [0.1, 0.15) is 0 Å². The van der Waals surface area contributed by atoms with Gasteiger partial charge in [-0.3, -0.25) is 0 Å². The molecule has 0 bridgehead atoms. The topological polar surface area (TPSA) is 12.0 Å². The number of nitrogens with one attached hydrogen (secondary N) is 1. The van der Waals surface area contributed by atoms with E-state index in [1.165, 1.54) is 32.4 Å². The Bertz CT molecular complexity index is 116. The molecule has 1 saturated heterocycles. The Morgan fingerprint density at radius 1 is 1.27 bits per heavy atom. The van der Waals surface area contributed by atoms with Gasteiger partial charge in [-0.15, -0.1) is 0 Å². The third-order valence-electron chi connectivity index (χ3n) is 3.17. The highest BCUT2D eigenvalue weighted by Gasteiger charge is 2.47. The van der Waals surface area contributed by atoms with Crippen molar-refractivity contribution in [1.82, 2.24) is 5.32 Å². The summed E-state index contributed by atoms with van der Waals surface area (Å²) in [5.74, 6) is 0.999. The quantitative estimate of drug-likeness (QED) is 0.566. The van der Waals surface area contributed by atoms with Crippen molar-refractivity contribution in [3.63, 3.8) is 0 Å². The molecule has 2 rings (SSSR count). The Morgan fingerprint density at radius 3 is 2.27 bits per heavy atom. The first kappa shape index (κ1) is 9.05. The summed E-state index contributed by atoms with van der Waals surface area (Å²) in [5.41, 5.74) is 0.776. The average Bonchev–Trinajstić information content (AvgIpc) is 2.82. The zero-order valence-corrected chi connectivity index (χ0v) is 8.11. The first-order chi connectivity index (χ1) is 5.33. The van der Waals surface area contributed by atoms with E-state index in [-0.39, 0.29) is 0 Å². The highest BCUT2D eigenvalue weighted by Crippen LogP contribution is 2.53. The summed E-state index contributed by atoms with van der Waals surface area (Å²) < 4.78 is 0. The molecule has 0 radical (unpaired) electrons. The van der Waals surface area contributed by atoms with E-state index in [9.17, 15) is 0 Å². The van der Waals surface area contributed by atoms with Crippen LogP contribution in [-0.4, -0.2) is 13.1 Å². The van der Waals surface area contributed by atoms with Crippen LogP contribution in [0.4, 0.5) is 0 Å². The van der Waals surface area contributed by atoms with Crippen molar-refractivity contribution in [3.8, 4) is 0 Å². The van der Waals surface area contributed by atoms with Crippen LogP contribution in [0.2, 0.25) is 0 Å². The molecule has 1 saturated carbocycles. The molecular formula is C10H21N. The molecule has 1 nitrogen and oxygen atoms in total. The minimum atomic E-state index is 0.776. The van der Waals surface area contributed by atoms with Gasteiger partial charge in [-0.1, -0.05) is 20.8 Å². The maximum Gasteiger partial charge on any atom is 0.00104 e. The standard InChI is InChI=1S/C8H15N.C2H6/c1-7-2-5-9-6-8(7)3-4-8;1-2/h7,9H,2-6H2,1H3;1-2H3. The van der Waals surface area contributed by atoms with E-state index in [2.05, 4.69) is 12.2 Å². The molecule has 1 atom stereocenters. The highest BCUT2D eigenvalue weighted by atomic mass is 14.9. The summed E-state index contributed by atoms with van der Waals surface area (Å²) in [4.78, 5) is 0. The van der Waals surface area contributed by atoms with Gasteiger partial charge in [0.05, 0.1) is 0 Å². The second-order valence-corrected chi connectivity index (χ2v) is 3.73. The smallest absolute Gasteiger partial charge is 0.00104 e. The molecule has 0 amide bonds. The van der Waals surface area contributed by atoms with Crippen LogP contribution in [-0.2, 0) is 0 Å². The molecule has 66 valence electrons. The fourth-order valence-electron chi connectivity index (χ4n) is 1.97. The Labute approximate surface area is 70.6 Å². The zero-order chi connectivity index (χ0) is 8.32.